The molecule has 21 heteroatoms. The second-order valence-corrected chi connectivity index (χ2v) is 25.8. The third kappa shape index (κ3) is 11.4. The van der Waals surface area contributed by atoms with Gasteiger partial charge in [0.2, 0.25) is 5.78 Å². The van der Waals surface area contributed by atoms with Crippen LogP contribution in [0.25, 0.3) is 21.8 Å². The Morgan fingerprint density at radius 2 is 1.89 bits per heavy atom. The lowest BCUT2D eigenvalue weighted by atomic mass is 9.82. The number of amides is 1. The highest BCUT2D eigenvalue weighted by Crippen LogP contribution is 2.46. The number of H-pyrrole nitrogens is 1. The van der Waals surface area contributed by atoms with Crippen molar-refractivity contribution < 1.29 is 62.5 Å². The number of nitrogens with zero attached hydrogens (tertiary/aromatic N) is 1. The SMILES string of the molecule is COC(=O)NC1=C2C#C/C=C\C#C[C@H](OC3OC(C)C(SC)(C(=O)c4nccc5c4[nH]c4ccc(OC(C)=O)cc45)C(O)C3OC3CC(OC)C(NC(C)C)CO3)C2/C(=C\CS(C)(=S)=S)[C@@H](O)CC1=O. The number of methoxy groups -OCH3 is 2. The number of hydrogen-bond donors (Lipinski definition) is 5. The summed E-state index contributed by atoms with van der Waals surface area (Å²) in [5.41, 5.74) is 1.07. The first-order valence-corrected chi connectivity index (χ1v) is 27.7. The van der Waals surface area contributed by atoms with E-state index in [1.807, 2.05) is 13.8 Å². The number of fused-ring (bicyclic) bond motifs is 4. The number of allylic oxidation sites excluding steroid dienone is 3. The Labute approximate surface area is 420 Å². The molecule has 2 aliphatic carbocycles. The van der Waals surface area contributed by atoms with Crippen LogP contribution in [-0.4, -0.2) is 149 Å². The number of aliphatic hydroxyl groups excluding tert-OH is 2. The first kappa shape index (κ1) is 53.2. The molecule has 9 unspecified atom stereocenters. The molecule has 17 nitrogen and oxygen atoms in total. The Kier molecular flexibility index (Phi) is 17.1. The van der Waals surface area contributed by atoms with Gasteiger partial charge in [-0.3, -0.25) is 24.7 Å². The Hall–Kier alpha value is -4.59. The van der Waals surface area contributed by atoms with E-state index in [2.05, 4.69) is 44.3 Å². The summed E-state index contributed by atoms with van der Waals surface area (Å²) >= 11 is 12.3. The quantitative estimate of drug-likeness (QED) is 0.0510. The molecule has 7 rings (SSSR count). The number of thioether (sulfide) groups is 1. The smallest absolute Gasteiger partial charge is 0.411 e. The summed E-state index contributed by atoms with van der Waals surface area (Å²) in [7, 11) is 0.676. The number of ether oxygens (including phenoxy) is 7. The number of hydrogen-bond acceptors (Lipinski definition) is 18. The molecule has 5 N–H and O–H groups in total. The first-order chi connectivity index (χ1) is 33.3. The maximum Gasteiger partial charge on any atom is 0.411 e. The van der Waals surface area contributed by atoms with Gasteiger partial charge in [-0.15, -0.1) is 11.8 Å². The van der Waals surface area contributed by atoms with Crippen molar-refractivity contribution in [3.8, 4) is 29.4 Å². The summed E-state index contributed by atoms with van der Waals surface area (Å²) in [6.07, 6.45) is -1.81. The van der Waals surface area contributed by atoms with Crippen molar-refractivity contribution in [2.75, 3.05) is 39.1 Å². The maximum absolute atomic E-state index is 15.5. The number of rotatable bonds is 14. The minimum atomic E-state index is -2.05. The maximum atomic E-state index is 15.5. The molecule has 3 aromatic rings. The fraction of sp³-hybridized carbons (Fsp3) is 0.490. The number of Topliss-reactive ketones (excluding diaryl/α,β-unsaturated/α-hetero) is 2. The number of nitrogens with one attached hydrogen (secondary N) is 3. The lowest BCUT2D eigenvalue weighted by Crippen LogP contribution is -2.69. The molecule has 0 bridgehead atoms. The predicted molar refractivity (Wildman–Crippen MR) is 270 cm³/mol. The van der Waals surface area contributed by atoms with Gasteiger partial charge in [-0.25, -0.2) is 4.79 Å². The number of aromatic nitrogens is 2. The highest BCUT2D eigenvalue weighted by atomic mass is 33.1. The molecule has 4 aliphatic rings. The van der Waals surface area contributed by atoms with Crippen molar-refractivity contribution in [1.82, 2.24) is 20.6 Å². The summed E-state index contributed by atoms with van der Waals surface area (Å²) < 4.78 is 41.1. The summed E-state index contributed by atoms with van der Waals surface area (Å²) in [6, 6.07) is 6.69. The van der Waals surface area contributed by atoms with E-state index in [-0.39, 0.29) is 53.4 Å². The van der Waals surface area contributed by atoms with E-state index in [1.54, 1.807) is 56.9 Å². The van der Waals surface area contributed by atoms with Gasteiger partial charge in [-0.1, -0.05) is 50.8 Å². The monoisotopic (exact) mass is 1040 g/mol. The molecule has 374 valence electrons. The topological polar surface area (TPSA) is 226 Å². The summed E-state index contributed by atoms with van der Waals surface area (Å²) in [5.74, 6) is 9.48. The van der Waals surface area contributed by atoms with E-state index in [9.17, 15) is 24.6 Å². The van der Waals surface area contributed by atoms with E-state index < -0.39 is 97.1 Å². The van der Waals surface area contributed by atoms with E-state index in [1.165, 1.54) is 25.3 Å². The number of carbonyl (C=O) groups excluding carboxylic acids is 4. The lowest BCUT2D eigenvalue weighted by Gasteiger charge is -2.51. The second-order valence-electron chi connectivity index (χ2n) is 17.5. The van der Waals surface area contributed by atoms with Gasteiger partial charge in [0.1, 0.15) is 34.5 Å². The molecule has 2 saturated heterocycles. The van der Waals surface area contributed by atoms with E-state index >= 15 is 4.79 Å². The number of aliphatic hydroxyl groups is 2. The van der Waals surface area contributed by atoms with Crippen LogP contribution in [0.2, 0.25) is 0 Å². The summed E-state index contributed by atoms with van der Waals surface area (Å²) in [5, 5.41) is 32.2. The van der Waals surface area contributed by atoms with Gasteiger partial charge in [-0.2, -0.15) is 0 Å². The van der Waals surface area contributed by atoms with Gasteiger partial charge in [0.05, 0.1) is 55.2 Å². The second kappa shape index (κ2) is 22.4. The summed E-state index contributed by atoms with van der Waals surface area (Å²) in [6.45, 7) is 7.12. The molecule has 2 fully saturated rings. The van der Waals surface area contributed by atoms with Crippen LogP contribution in [0.1, 0.15) is 51.0 Å². The molecule has 11 atom stereocenters. The fourth-order valence-corrected chi connectivity index (χ4v) is 11.2. The van der Waals surface area contributed by atoms with Crippen molar-refractivity contribution in [2.45, 2.75) is 107 Å². The number of aromatic amines is 1. The molecular formula is C49H56N4O13S4. The first-order valence-electron chi connectivity index (χ1n) is 22.4. The fourth-order valence-electron chi connectivity index (χ4n) is 9.22. The number of pyridine rings is 1. The molecule has 0 radical (unpaired) electrons. The van der Waals surface area contributed by atoms with E-state index in [0.717, 1.165) is 18.9 Å². The minimum Gasteiger partial charge on any atom is -0.453 e. The van der Waals surface area contributed by atoms with Gasteiger partial charge in [0, 0.05) is 66.7 Å². The van der Waals surface area contributed by atoms with Crippen LogP contribution in [0, 0.1) is 29.6 Å². The van der Waals surface area contributed by atoms with Crippen molar-refractivity contribution in [3.63, 3.8) is 0 Å². The standard InChI is InChI=1S/C49H56N4O13S4/c1-25(2)51-34-24-62-39(23-38(34)60-5)66-44-46(58)49(69-7,45(57)43-42-29(17-19-50-43)32-21-28(64-27(4)54)15-16-33(32)52-42)26(3)63-47(44)65-37-14-12-10-9-11-13-31-40(37)30(18-20-70(8,67)68)35(55)22-36(56)41(31)53-48(59)61-6/h9-10,15-19,21,25-26,34-35,37-40,44,46-47,51-52,55,58H,20,22-24H2,1-8H3,(H,53,59)/b10-9-,30-18-/t26?,34?,35-,37-,38?,39?,40?,44?,46?,47?,49?/m0/s1. The zero-order valence-electron chi connectivity index (χ0n) is 39.8. The average molecular weight is 1040 g/mol. The Balaban J connectivity index is 1.36. The average Bonchev–Trinajstić information content (AvgIpc) is 3.68. The lowest BCUT2D eigenvalue weighted by molar-refractivity contribution is -0.326. The number of alkyl carbamates (subject to hydrolysis) is 1. The van der Waals surface area contributed by atoms with Crippen LogP contribution in [0.3, 0.4) is 0 Å². The Morgan fingerprint density at radius 1 is 1.13 bits per heavy atom. The van der Waals surface area contributed by atoms with Crippen LogP contribution in [0.4, 0.5) is 4.79 Å². The van der Waals surface area contributed by atoms with Crippen LogP contribution in [0.15, 0.2) is 65.5 Å². The molecular weight excluding hydrogens is 981 g/mol. The van der Waals surface area contributed by atoms with Crippen LogP contribution >= 0.6 is 11.8 Å². The van der Waals surface area contributed by atoms with Crippen molar-refractivity contribution in [1.29, 1.82) is 0 Å². The van der Waals surface area contributed by atoms with Crippen molar-refractivity contribution in [3.05, 3.63) is 71.2 Å². The van der Waals surface area contributed by atoms with Gasteiger partial charge in [0.25, 0.3) is 0 Å². The van der Waals surface area contributed by atoms with E-state index in [0.29, 0.717) is 27.6 Å². The van der Waals surface area contributed by atoms with Crippen LogP contribution in [0.5, 0.6) is 5.75 Å². The summed E-state index contributed by atoms with van der Waals surface area (Å²) in [4.78, 5) is 61.9. The number of benzene rings is 1. The predicted octanol–water partition coefficient (Wildman–Crippen LogP) is 3.70. The normalized spacial score (nSPS) is 30.2. The van der Waals surface area contributed by atoms with Gasteiger partial charge in [-0.05, 0) is 83.8 Å². The number of ketones is 2. The largest absolute Gasteiger partial charge is 0.453 e. The van der Waals surface area contributed by atoms with Crippen molar-refractivity contribution >= 4 is 86.7 Å². The Morgan fingerprint density at radius 3 is 2.57 bits per heavy atom. The third-order valence-corrected chi connectivity index (χ3v) is 15.4. The third-order valence-electron chi connectivity index (χ3n) is 12.4. The van der Waals surface area contributed by atoms with Crippen LogP contribution in [-0.2, 0) is 67.5 Å². The number of esters is 1. The van der Waals surface area contributed by atoms with Gasteiger partial charge < -0.3 is 53.7 Å². The van der Waals surface area contributed by atoms with Crippen LogP contribution < -0.4 is 15.4 Å². The molecule has 2 aromatic heterocycles. The zero-order chi connectivity index (χ0) is 50.7. The van der Waals surface area contributed by atoms with E-state index in [4.69, 9.17) is 55.5 Å². The van der Waals surface area contributed by atoms with Gasteiger partial charge in [0.15, 0.2) is 18.4 Å². The minimum absolute atomic E-state index is 0.00178. The molecule has 4 heterocycles. The molecule has 0 spiro atoms. The molecule has 0 saturated carbocycles. The molecule has 1 aromatic carbocycles. The molecule has 1 amide bonds. The molecule has 70 heavy (non-hydrogen) atoms. The highest BCUT2D eigenvalue weighted by Gasteiger charge is 2.61. The van der Waals surface area contributed by atoms with Gasteiger partial charge >= 0.3 is 12.1 Å². The number of carbonyl (C=O) groups is 4. The molecule has 2 aliphatic heterocycles. The zero-order valence-corrected chi connectivity index (χ0v) is 43.0. The van der Waals surface area contributed by atoms with Crippen molar-refractivity contribution in [2.24, 2.45) is 5.92 Å². The Bertz CT molecular complexity index is 2880. The highest BCUT2D eigenvalue weighted by molar-refractivity contribution is 8.56.